The Balaban J connectivity index is 1.71. The average Bonchev–Trinajstić information content (AvgIpc) is 3.26. The monoisotopic (exact) mass is 504 g/mol. The summed E-state index contributed by atoms with van der Waals surface area (Å²) in [4.78, 5) is 25.6. The van der Waals surface area contributed by atoms with Crippen molar-refractivity contribution in [3.05, 3.63) is 89.1 Å². The second-order valence-electron chi connectivity index (χ2n) is 8.19. The molecule has 7 nitrogen and oxygen atoms in total. The van der Waals surface area contributed by atoms with Gasteiger partial charge in [0.1, 0.15) is 11.4 Å². The first kappa shape index (κ1) is 25.0. The molecule has 0 spiro atoms. The SMILES string of the molecule is CCOC(=O)N(c1ccccc1Cl)c1c(C)noc1-c1ccc(-c2ccc(C(C)C(=O)O)cc2)cc1. The van der Waals surface area contributed by atoms with E-state index in [0.29, 0.717) is 33.4 Å². The molecule has 4 rings (SSSR count). The van der Waals surface area contributed by atoms with E-state index in [1.165, 1.54) is 4.90 Å². The third-order valence-electron chi connectivity index (χ3n) is 5.86. The van der Waals surface area contributed by atoms with E-state index in [1.807, 2.05) is 48.5 Å². The molecule has 0 radical (unpaired) electrons. The molecule has 1 atom stereocenters. The molecule has 0 bridgehead atoms. The minimum Gasteiger partial charge on any atom is -0.481 e. The van der Waals surface area contributed by atoms with Crippen molar-refractivity contribution in [3.63, 3.8) is 0 Å². The van der Waals surface area contributed by atoms with Gasteiger partial charge in [-0.3, -0.25) is 4.79 Å². The molecule has 1 heterocycles. The van der Waals surface area contributed by atoms with Crippen LogP contribution < -0.4 is 4.90 Å². The number of aromatic nitrogens is 1. The molecule has 1 unspecified atom stereocenters. The molecular formula is C28H25ClN2O5. The van der Waals surface area contributed by atoms with Gasteiger partial charge < -0.3 is 14.4 Å². The van der Waals surface area contributed by atoms with E-state index < -0.39 is 18.0 Å². The van der Waals surface area contributed by atoms with Crippen LogP contribution in [0.4, 0.5) is 16.2 Å². The zero-order valence-corrected chi connectivity index (χ0v) is 20.8. The van der Waals surface area contributed by atoms with Crippen molar-refractivity contribution in [2.24, 2.45) is 0 Å². The first-order chi connectivity index (χ1) is 17.3. The van der Waals surface area contributed by atoms with E-state index in [2.05, 4.69) is 5.16 Å². The van der Waals surface area contributed by atoms with Crippen molar-refractivity contribution >= 4 is 35.0 Å². The summed E-state index contributed by atoms with van der Waals surface area (Å²) >= 11 is 6.43. The van der Waals surface area contributed by atoms with E-state index in [9.17, 15) is 14.7 Å². The second-order valence-corrected chi connectivity index (χ2v) is 8.60. The third-order valence-corrected chi connectivity index (χ3v) is 6.18. The number of carboxylic acid groups (broad SMARTS) is 1. The molecule has 1 amide bonds. The van der Waals surface area contributed by atoms with Gasteiger partial charge in [-0.2, -0.15) is 0 Å². The van der Waals surface area contributed by atoms with Crippen molar-refractivity contribution in [2.75, 3.05) is 11.5 Å². The van der Waals surface area contributed by atoms with Crippen LogP contribution in [0.1, 0.15) is 31.0 Å². The lowest BCUT2D eigenvalue weighted by molar-refractivity contribution is -0.138. The fourth-order valence-electron chi connectivity index (χ4n) is 3.87. The van der Waals surface area contributed by atoms with E-state index in [4.69, 9.17) is 20.9 Å². The summed E-state index contributed by atoms with van der Waals surface area (Å²) in [5, 5.41) is 13.7. The van der Waals surface area contributed by atoms with Gasteiger partial charge in [0.15, 0.2) is 5.76 Å². The van der Waals surface area contributed by atoms with Crippen LogP contribution in [-0.2, 0) is 9.53 Å². The molecule has 36 heavy (non-hydrogen) atoms. The van der Waals surface area contributed by atoms with Gasteiger partial charge in [-0.25, -0.2) is 9.69 Å². The largest absolute Gasteiger partial charge is 0.481 e. The predicted octanol–water partition coefficient (Wildman–Crippen LogP) is 7.45. The number of aliphatic carboxylic acids is 1. The molecule has 0 saturated carbocycles. The Morgan fingerprint density at radius 1 is 1.00 bits per heavy atom. The van der Waals surface area contributed by atoms with E-state index in [0.717, 1.165) is 16.7 Å². The van der Waals surface area contributed by atoms with Crippen LogP contribution in [0, 0.1) is 6.92 Å². The number of nitrogens with zero attached hydrogens (tertiary/aromatic N) is 2. The first-order valence-corrected chi connectivity index (χ1v) is 11.8. The van der Waals surface area contributed by atoms with Crippen molar-refractivity contribution in [3.8, 4) is 22.5 Å². The molecule has 0 aliphatic heterocycles. The van der Waals surface area contributed by atoms with Crippen LogP contribution in [0.5, 0.6) is 0 Å². The summed E-state index contributed by atoms with van der Waals surface area (Å²) in [6, 6.07) is 22.0. The van der Waals surface area contributed by atoms with Crippen LogP contribution in [0.15, 0.2) is 77.3 Å². The maximum absolute atomic E-state index is 13.0. The van der Waals surface area contributed by atoms with Gasteiger partial charge in [-0.15, -0.1) is 0 Å². The fourth-order valence-corrected chi connectivity index (χ4v) is 4.09. The highest BCUT2D eigenvalue weighted by Gasteiger charge is 2.30. The molecule has 3 aromatic carbocycles. The normalized spacial score (nSPS) is 11.7. The molecule has 1 aromatic heterocycles. The molecule has 4 aromatic rings. The number of hydrogen-bond acceptors (Lipinski definition) is 5. The number of para-hydroxylation sites is 1. The zero-order chi connectivity index (χ0) is 25.8. The molecule has 0 aliphatic carbocycles. The van der Waals surface area contributed by atoms with Crippen molar-refractivity contribution < 1.29 is 24.0 Å². The maximum atomic E-state index is 13.0. The Bertz CT molecular complexity index is 1380. The number of ether oxygens (including phenoxy) is 1. The Morgan fingerprint density at radius 3 is 2.17 bits per heavy atom. The van der Waals surface area contributed by atoms with Gasteiger partial charge in [0.2, 0.25) is 0 Å². The molecule has 0 saturated heterocycles. The van der Waals surface area contributed by atoms with Gasteiger partial charge in [-0.05, 0) is 49.6 Å². The summed E-state index contributed by atoms with van der Waals surface area (Å²) in [5.41, 5.74) is 4.75. The van der Waals surface area contributed by atoms with Crippen molar-refractivity contribution in [2.45, 2.75) is 26.7 Å². The van der Waals surface area contributed by atoms with Gasteiger partial charge in [0.25, 0.3) is 0 Å². The second kappa shape index (κ2) is 10.7. The topological polar surface area (TPSA) is 92.9 Å². The highest BCUT2D eigenvalue weighted by atomic mass is 35.5. The summed E-state index contributed by atoms with van der Waals surface area (Å²) in [6.07, 6.45) is -0.592. The van der Waals surface area contributed by atoms with Crippen LogP contribution in [0.2, 0.25) is 5.02 Å². The maximum Gasteiger partial charge on any atom is 0.419 e. The molecule has 8 heteroatoms. The highest BCUT2D eigenvalue weighted by Crippen LogP contribution is 2.41. The number of aryl methyl sites for hydroxylation is 1. The number of carbonyl (C=O) groups is 2. The summed E-state index contributed by atoms with van der Waals surface area (Å²) in [7, 11) is 0. The summed E-state index contributed by atoms with van der Waals surface area (Å²) < 4.78 is 11.0. The smallest absolute Gasteiger partial charge is 0.419 e. The quantitative estimate of drug-likeness (QED) is 0.281. The van der Waals surface area contributed by atoms with Crippen LogP contribution >= 0.6 is 11.6 Å². The summed E-state index contributed by atoms with van der Waals surface area (Å²) in [5.74, 6) is -1.04. The molecule has 0 fully saturated rings. The fraction of sp³-hybridized carbons (Fsp3) is 0.179. The number of rotatable bonds is 7. The van der Waals surface area contributed by atoms with Gasteiger partial charge >= 0.3 is 12.1 Å². The van der Waals surface area contributed by atoms with Crippen LogP contribution in [-0.4, -0.2) is 28.9 Å². The Labute approximate surface area is 213 Å². The minimum atomic E-state index is -0.862. The number of carboxylic acids is 1. The van der Waals surface area contributed by atoms with Crippen molar-refractivity contribution in [1.29, 1.82) is 0 Å². The Morgan fingerprint density at radius 2 is 1.58 bits per heavy atom. The lowest BCUT2D eigenvalue weighted by Gasteiger charge is -2.23. The van der Waals surface area contributed by atoms with E-state index in [-0.39, 0.29) is 6.61 Å². The minimum absolute atomic E-state index is 0.193. The third kappa shape index (κ3) is 4.97. The first-order valence-electron chi connectivity index (χ1n) is 11.4. The van der Waals surface area contributed by atoms with Crippen molar-refractivity contribution in [1.82, 2.24) is 5.16 Å². The van der Waals surface area contributed by atoms with Crippen LogP contribution in [0.25, 0.3) is 22.5 Å². The number of benzene rings is 3. The molecular weight excluding hydrogens is 480 g/mol. The number of amides is 1. The standard InChI is InChI=1S/C28H25ClN2O5/c1-4-35-28(34)31(24-8-6-5-7-23(24)29)25-18(3)30-36-26(25)22-15-13-21(14-16-22)20-11-9-19(10-12-20)17(2)27(32)33/h5-17H,4H2,1-3H3,(H,32,33). The van der Waals surface area contributed by atoms with E-state index >= 15 is 0 Å². The van der Waals surface area contributed by atoms with Gasteiger partial charge in [0.05, 0.1) is 23.2 Å². The van der Waals surface area contributed by atoms with Crippen LogP contribution in [0.3, 0.4) is 0 Å². The number of halogens is 1. The predicted molar refractivity (Wildman–Crippen MR) is 139 cm³/mol. The molecule has 184 valence electrons. The number of hydrogen-bond donors (Lipinski definition) is 1. The highest BCUT2D eigenvalue weighted by molar-refractivity contribution is 6.34. The Kier molecular flexibility index (Phi) is 7.41. The number of carbonyl (C=O) groups excluding carboxylic acids is 1. The van der Waals surface area contributed by atoms with Gasteiger partial charge in [0, 0.05) is 5.56 Å². The summed E-state index contributed by atoms with van der Waals surface area (Å²) in [6.45, 7) is 5.33. The lowest BCUT2D eigenvalue weighted by atomic mass is 9.97. The zero-order valence-electron chi connectivity index (χ0n) is 20.1. The lowest BCUT2D eigenvalue weighted by Crippen LogP contribution is -2.27. The number of anilines is 2. The molecule has 0 aliphatic rings. The average molecular weight is 505 g/mol. The van der Waals surface area contributed by atoms with Gasteiger partial charge in [-0.1, -0.05) is 77.4 Å². The molecule has 1 N–H and O–H groups in total. The van der Waals surface area contributed by atoms with E-state index in [1.54, 1.807) is 45.0 Å². The Hall–Kier alpha value is -4.10.